The van der Waals surface area contributed by atoms with E-state index in [0.29, 0.717) is 5.57 Å². The Balaban J connectivity index is 0.00000380. The van der Waals surface area contributed by atoms with E-state index in [1.807, 2.05) is 0 Å². The minimum absolute atomic E-state index is 0. The number of thioether (sulfide) groups is 2. The second-order valence-corrected chi connectivity index (χ2v) is 10.2. The summed E-state index contributed by atoms with van der Waals surface area (Å²) in [4.78, 5) is 74.0. The fraction of sp³-hybridized carbons (Fsp3) is 0.333. The number of nitrogens with two attached hydrogens (primary N) is 1. The fourth-order valence-electron chi connectivity index (χ4n) is 3.43. The van der Waals surface area contributed by atoms with Crippen molar-refractivity contribution in [2.24, 2.45) is 12.2 Å². The summed E-state index contributed by atoms with van der Waals surface area (Å²) in [5.41, 5.74) is 3.77. The van der Waals surface area contributed by atoms with Crippen LogP contribution in [0.1, 0.15) is 5.69 Å². The number of fused-ring (bicyclic) bond motifs is 1. The van der Waals surface area contributed by atoms with Gasteiger partial charge in [0.2, 0.25) is 0 Å². The maximum atomic E-state index is 12.9. The van der Waals surface area contributed by atoms with Crippen LogP contribution in [0, 0.1) is 0 Å². The first-order chi connectivity index (χ1) is 17.1. The Hall–Kier alpha value is -2.64. The third-order valence-electron chi connectivity index (χ3n) is 5.01. The van der Waals surface area contributed by atoms with E-state index >= 15 is 0 Å². The first-order valence-corrected chi connectivity index (χ1v) is 12.8. The molecule has 0 aliphatic carbocycles. The molecule has 2 aliphatic heterocycles. The molecule has 0 radical (unpaired) electrons. The Labute approximate surface area is 242 Å². The number of carbonyl (C=O) groups excluding carboxylic acids is 3. The van der Waals surface area contributed by atoms with Crippen LogP contribution in [0.2, 0.25) is 0 Å². The van der Waals surface area contributed by atoms with Gasteiger partial charge >= 0.3 is 40.7 Å². The van der Waals surface area contributed by atoms with Gasteiger partial charge < -0.3 is 25.8 Å². The van der Waals surface area contributed by atoms with Gasteiger partial charge in [-0.2, -0.15) is 4.98 Å². The summed E-state index contributed by atoms with van der Waals surface area (Å²) in [6, 6.07) is -1.02. The first kappa shape index (κ1) is 28.9. The molecule has 19 heteroatoms. The number of aliphatic carboxylic acids is 1. The number of nitrogens with one attached hydrogen (secondary N) is 2. The number of carboxylic acids is 1. The molecular weight excluding hydrogens is 559 g/mol. The molecule has 190 valence electrons. The summed E-state index contributed by atoms with van der Waals surface area (Å²) in [6.45, 7) is 0. The molecule has 2 atom stereocenters. The van der Waals surface area contributed by atoms with Gasteiger partial charge in [-0.1, -0.05) is 16.9 Å². The van der Waals surface area contributed by atoms with E-state index in [0.717, 1.165) is 28.0 Å². The number of hydrogen-bond donors (Lipinski definition) is 3. The molecule has 4 rings (SSSR count). The van der Waals surface area contributed by atoms with Crippen molar-refractivity contribution in [2.75, 3.05) is 24.3 Å². The minimum Gasteiger partial charge on any atom is -0.543 e. The molecule has 0 aromatic carbocycles. The maximum absolute atomic E-state index is 12.9. The predicted octanol–water partition coefficient (Wildman–Crippen LogP) is -5.94. The number of aromatic nitrogens is 4. The Kier molecular flexibility index (Phi) is 9.24. The number of aromatic amines is 1. The van der Waals surface area contributed by atoms with Gasteiger partial charge in [0.1, 0.15) is 24.2 Å². The number of carbonyl (C=O) groups is 3. The van der Waals surface area contributed by atoms with Crippen molar-refractivity contribution in [3.63, 3.8) is 0 Å². The van der Waals surface area contributed by atoms with Crippen LogP contribution < -0.4 is 56.8 Å². The number of nitrogens with zero attached hydrogens (tertiary/aromatic N) is 5. The van der Waals surface area contributed by atoms with Gasteiger partial charge in [-0.25, -0.2) is 4.98 Å². The predicted molar refractivity (Wildman–Crippen MR) is 128 cm³/mol. The molecule has 1 unspecified atom stereocenters. The third-order valence-corrected chi connectivity index (χ3v) is 8.14. The molecule has 4 heterocycles. The zero-order chi connectivity index (χ0) is 26.1. The average Bonchev–Trinajstić information content (AvgIpc) is 3.27. The van der Waals surface area contributed by atoms with Crippen molar-refractivity contribution < 1.29 is 53.9 Å². The molecule has 2 aromatic rings. The topological polar surface area (TPSA) is 218 Å². The standard InChI is InChI=1S/C18H18N8O7S3.Na/c1-25-18(22-12(28)13(29)23-25)36-4-6-3-34-15-9(14(30)26(15)10(6)16(31)32)21-11(27)8(24-33-2)7-5-35-17(19)20-7;/h5,9,15H,3-4H2,1-2H3,(H2,19,20)(H,21,27)(H,23,29)(H,31,32);/q;+1/p-1/b24-8-;/t9?,15-;/m0./s1. The summed E-state index contributed by atoms with van der Waals surface area (Å²) in [5.74, 6) is -2.68. The van der Waals surface area contributed by atoms with Crippen LogP contribution in [-0.4, -0.2) is 78.2 Å². The number of thiazole rings is 1. The van der Waals surface area contributed by atoms with E-state index in [9.17, 15) is 29.1 Å². The molecule has 4 N–H and O–H groups in total. The largest absolute Gasteiger partial charge is 1.00 e. The van der Waals surface area contributed by atoms with Crippen molar-refractivity contribution in [3.8, 4) is 0 Å². The van der Waals surface area contributed by atoms with Crippen molar-refractivity contribution >= 4 is 63.5 Å². The van der Waals surface area contributed by atoms with E-state index in [2.05, 4.69) is 25.5 Å². The van der Waals surface area contributed by atoms with Crippen LogP contribution in [-0.2, 0) is 26.3 Å². The number of aryl methyl sites for hydroxylation is 1. The van der Waals surface area contributed by atoms with E-state index < -0.39 is 40.3 Å². The SMILES string of the molecule is CO/N=C(\C(=O)NC1C(=O)N2C(C(=O)[O-])=C(CSc3nc(=O)c(=O)[nH]n3C)CS[C@@H]12)c1csc(N)n1.[Na+]. The second-order valence-electron chi connectivity index (χ2n) is 7.28. The van der Waals surface area contributed by atoms with Crippen LogP contribution in [0.5, 0.6) is 0 Å². The normalized spacial score (nSPS) is 19.0. The van der Waals surface area contributed by atoms with Crippen molar-refractivity contribution in [3.05, 3.63) is 43.1 Å². The van der Waals surface area contributed by atoms with E-state index in [4.69, 9.17) is 10.6 Å². The summed E-state index contributed by atoms with van der Waals surface area (Å²) in [6.07, 6.45) is 0. The Morgan fingerprint density at radius 3 is 2.73 bits per heavy atom. The van der Waals surface area contributed by atoms with Gasteiger partial charge in [-0.15, -0.1) is 23.1 Å². The number of carboxylic acid groups (broad SMARTS) is 1. The number of oxime groups is 1. The first-order valence-electron chi connectivity index (χ1n) is 9.94. The van der Waals surface area contributed by atoms with Crippen LogP contribution in [0.25, 0.3) is 0 Å². The summed E-state index contributed by atoms with van der Waals surface area (Å²) < 4.78 is 1.24. The Bertz CT molecular complexity index is 1430. The van der Waals surface area contributed by atoms with Crippen LogP contribution in [0.4, 0.5) is 5.13 Å². The molecule has 2 aliphatic rings. The monoisotopic (exact) mass is 576 g/mol. The maximum Gasteiger partial charge on any atom is 1.00 e. The van der Waals surface area contributed by atoms with Gasteiger partial charge in [0, 0.05) is 23.9 Å². The third kappa shape index (κ3) is 5.78. The molecule has 0 saturated carbocycles. The molecule has 2 amide bonds. The smallest absolute Gasteiger partial charge is 0.543 e. The average molecular weight is 577 g/mol. The summed E-state index contributed by atoms with van der Waals surface area (Å²) in [5, 5.41) is 21.6. The zero-order valence-electron chi connectivity index (χ0n) is 19.5. The molecule has 15 nitrogen and oxygen atoms in total. The van der Waals surface area contributed by atoms with Gasteiger partial charge in [-0.3, -0.25) is 33.9 Å². The fourth-order valence-corrected chi connectivity index (χ4v) is 6.38. The molecule has 2 aromatic heterocycles. The Morgan fingerprint density at radius 2 is 2.11 bits per heavy atom. The van der Waals surface area contributed by atoms with Gasteiger partial charge in [0.25, 0.3) is 11.8 Å². The van der Waals surface area contributed by atoms with E-state index in [1.165, 1.54) is 36.0 Å². The molecule has 0 bridgehead atoms. The van der Waals surface area contributed by atoms with Gasteiger partial charge in [-0.05, 0) is 5.57 Å². The number of β-lactam (4-membered cyclic amide) rings is 1. The van der Waals surface area contributed by atoms with Crippen molar-refractivity contribution in [1.29, 1.82) is 0 Å². The van der Waals surface area contributed by atoms with Crippen LogP contribution in [0.15, 0.2) is 36.6 Å². The molecular formula is C18H17N8NaO7S3. The minimum atomic E-state index is -1.56. The summed E-state index contributed by atoms with van der Waals surface area (Å²) >= 11 is 3.35. The number of amides is 2. The van der Waals surface area contributed by atoms with Gasteiger partial charge in [0.05, 0.1) is 11.7 Å². The number of anilines is 1. The number of hydrogen-bond acceptors (Lipinski definition) is 14. The van der Waals surface area contributed by atoms with E-state index in [1.54, 1.807) is 0 Å². The van der Waals surface area contributed by atoms with E-state index in [-0.39, 0.29) is 68.5 Å². The number of nitrogen functional groups attached to an aromatic ring is 1. The molecule has 37 heavy (non-hydrogen) atoms. The molecule has 1 fully saturated rings. The quantitative estimate of drug-likeness (QED) is 0.0668. The van der Waals surface area contributed by atoms with Crippen LogP contribution >= 0.6 is 34.9 Å². The number of H-pyrrole nitrogens is 1. The van der Waals surface area contributed by atoms with Crippen molar-refractivity contribution in [2.45, 2.75) is 16.6 Å². The molecule has 1 saturated heterocycles. The number of rotatable bonds is 8. The van der Waals surface area contributed by atoms with Gasteiger partial charge in [0.15, 0.2) is 16.0 Å². The molecule has 0 spiro atoms. The summed E-state index contributed by atoms with van der Waals surface area (Å²) in [7, 11) is 2.72. The van der Waals surface area contributed by atoms with Crippen molar-refractivity contribution in [1.82, 2.24) is 30.0 Å². The van der Waals surface area contributed by atoms with Crippen LogP contribution in [0.3, 0.4) is 0 Å². The Morgan fingerprint density at radius 1 is 1.38 bits per heavy atom. The second kappa shape index (κ2) is 11.8. The zero-order valence-corrected chi connectivity index (χ0v) is 24.0.